The van der Waals surface area contributed by atoms with Crippen molar-refractivity contribution in [3.63, 3.8) is 0 Å². The Kier molecular flexibility index (Phi) is 11.9. The van der Waals surface area contributed by atoms with Gasteiger partial charge in [-0.05, 0) is 54.3 Å². The van der Waals surface area contributed by atoms with E-state index >= 15 is 0 Å². The molecule has 3 heterocycles. The quantitative estimate of drug-likeness (QED) is 0.174. The highest BCUT2D eigenvalue weighted by Gasteiger charge is 2.24. The SMILES string of the molecule is CN(CCN1CCC(OC(=O)Nc2ccccc2-c2ccccc2)CC1)C(=O)c1ccc(C(=O)NCCNCc2ccncc2)s1. The molecule has 5 rings (SSSR count). The van der Waals surface area contributed by atoms with Gasteiger partial charge in [-0.25, -0.2) is 4.79 Å². The van der Waals surface area contributed by atoms with Gasteiger partial charge < -0.3 is 25.2 Å². The number of carbonyl (C=O) groups excluding carboxylic acids is 3. The third kappa shape index (κ3) is 9.46. The molecule has 240 valence electrons. The van der Waals surface area contributed by atoms with Gasteiger partial charge in [-0.15, -0.1) is 11.3 Å². The highest BCUT2D eigenvalue weighted by atomic mass is 32.1. The predicted octanol–water partition coefficient (Wildman–Crippen LogP) is 5.11. The zero-order valence-corrected chi connectivity index (χ0v) is 26.8. The van der Waals surface area contributed by atoms with Crippen LogP contribution in [0.4, 0.5) is 10.5 Å². The van der Waals surface area contributed by atoms with Crippen LogP contribution >= 0.6 is 11.3 Å². The van der Waals surface area contributed by atoms with Crippen molar-refractivity contribution in [2.75, 3.05) is 51.6 Å². The number of nitrogens with zero attached hydrogens (tertiary/aromatic N) is 3. The molecule has 0 aliphatic carbocycles. The zero-order chi connectivity index (χ0) is 32.1. The smallest absolute Gasteiger partial charge is 0.411 e. The number of rotatable bonds is 13. The topological polar surface area (TPSA) is 116 Å². The molecule has 0 spiro atoms. The third-order valence-electron chi connectivity index (χ3n) is 7.86. The highest BCUT2D eigenvalue weighted by Crippen LogP contribution is 2.28. The van der Waals surface area contributed by atoms with Gasteiger partial charge >= 0.3 is 6.09 Å². The number of nitrogens with one attached hydrogen (secondary N) is 3. The number of hydrogen-bond donors (Lipinski definition) is 3. The van der Waals surface area contributed by atoms with Crippen LogP contribution in [0, 0.1) is 0 Å². The van der Waals surface area contributed by atoms with Gasteiger partial charge in [0.1, 0.15) is 6.10 Å². The molecule has 11 heteroatoms. The number of piperidine rings is 1. The molecule has 1 aliphatic rings. The largest absolute Gasteiger partial charge is 0.446 e. The fourth-order valence-electron chi connectivity index (χ4n) is 5.24. The number of ether oxygens (including phenoxy) is 1. The first-order chi connectivity index (χ1) is 22.5. The summed E-state index contributed by atoms with van der Waals surface area (Å²) in [6.45, 7) is 4.66. The van der Waals surface area contributed by atoms with E-state index < -0.39 is 6.09 Å². The van der Waals surface area contributed by atoms with Crippen molar-refractivity contribution in [3.8, 4) is 11.1 Å². The van der Waals surface area contributed by atoms with E-state index in [2.05, 4.69) is 25.8 Å². The predicted molar refractivity (Wildman–Crippen MR) is 181 cm³/mol. The van der Waals surface area contributed by atoms with Crippen molar-refractivity contribution in [2.24, 2.45) is 0 Å². The molecule has 2 aromatic heterocycles. The van der Waals surface area contributed by atoms with Crippen molar-refractivity contribution >= 4 is 34.9 Å². The Balaban J connectivity index is 0.986. The Morgan fingerprint density at radius 3 is 2.41 bits per heavy atom. The van der Waals surface area contributed by atoms with E-state index in [4.69, 9.17) is 4.74 Å². The summed E-state index contributed by atoms with van der Waals surface area (Å²) in [5.74, 6) is -0.287. The minimum atomic E-state index is -0.450. The summed E-state index contributed by atoms with van der Waals surface area (Å²) in [5, 5.41) is 9.10. The van der Waals surface area contributed by atoms with Gasteiger partial charge in [-0.1, -0.05) is 48.5 Å². The molecule has 0 saturated carbocycles. The van der Waals surface area contributed by atoms with Gasteiger partial charge in [0.05, 0.1) is 15.4 Å². The standard InChI is InChI=1S/C35H40N6O4S/c1-40(34(43)32-12-11-31(46-32)33(42)38-20-19-37-25-26-13-17-36-18-14-26)23-24-41-21-15-28(16-22-41)45-35(44)39-30-10-6-5-9-29(30)27-7-3-2-4-8-27/h2-14,17-18,28,37H,15-16,19-25H2,1H3,(H,38,42)(H,39,44). The lowest BCUT2D eigenvalue weighted by molar-refractivity contribution is 0.0541. The minimum absolute atomic E-state index is 0.103. The van der Waals surface area contributed by atoms with E-state index in [0.29, 0.717) is 41.6 Å². The van der Waals surface area contributed by atoms with Crippen LogP contribution < -0.4 is 16.0 Å². The second-order valence-corrected chi connectivity index (χ2v) is 12.2. The fourth-order valence-corrected chi connectivity index (χ4v) is 6.16. The molecule has 1 fully saturated rings. The summed E-state index contributed by atoms with van der Waals surface area (Å²) in [6.07, 6.45) is 4.36. The lowest BCUT2D eigenvalue weighted by atomic mass is 10.0. The lowest BCUT2D eigenvalue weighted by Crippen LogP contribution is -2.42. The Hall–Kier alpha value is -4.58. The molecule has 3 N–H and O–H groups in total. The van der Waals surface area contributed by atoms with E-state index in [1.807, 2.05) is 66.7 Å². The molecule has 46 heavy (non-hydrogen) atoms. The normalized spacial score (nSPS) is 13.6. The van der Waals surface area contributed by atoms with Gasteiger partial charge in [0.25, 0.3) is 11.8 Å². The van der Waals surface area contributed by atoms with Crippen molar-refractivity contribution < 1.29 is 19.1 Å². The maximum absolute atomic E-state index is 13.0. The summed E-state index contributed by atoms with van der Waals surface area (Å²) in [4.78, 5) is 47.4. The number of benzene rings is 2. The molecule has 0 atom stereocenters. The fraction of sp³-hybridized carbons (Fsp3) is 0.314. The number of thiophene rings is 1. The number of aromatic nitrogens is 1. The molecular weight excluding hydrogens is 600 g/mol. The Bertz CT molecular complexity index is 1570. The monoisotopic (exact) mass is 640 g/mol. The van der Waals surface area contributed by atoms with Crippen molar-refractivity contribution in [3.05, 3.63) is 107 Å². The molecule has 1 aliphatic heterocycles. The molecule has 0 bridgehead atoms. The molecule has 0 radical (unpaired) electrons. The molecule has 3 amide bonds. The average molecular weight is 641 g/mol. The van der Waals surface area contributed by atoms with Crippen LogP contribution in [0.1, 0.15) is 37.7 Å². The number of hydrogen-bond acceptors (Lipinski definition) is 8. The number of likely N-dealkylation sites (tertiary alicyclic amines) is 1. The maximum Gasteiger partial charge on any atom is 0.411 e. The van der Waals surface area contributed by atoms with Crippen LogP contribution in [0.2, 0.25) is 0 Å². The van der Waals surface area contributed by atoms with Gasteiger partial charge in [0.2, 0.25) is 0 Å². The van der Waals surface area contributed by atoms with Crippen LogP contribution in [-0.4, -0.2) is 85.1 Å². The summed E-state index contributed by atoms with van der Waals surface area (Å²) >= 11 is 1.21. The first-order valence-electron chi connectivity index (χ1n) is 15.5. The van der Waals surface area contributed by atoms with Gasteiger partial charge in [0.15, 0.2) is 0 Å². The minimum Gasteiger partial charge on any atom is -0.446 e. The molecule has 4 aromatic rings. The second kappa shape index (κ2) is 16.6. The first kappa shape index (κ1) is 32.8. The first-order valence-corrected chi connectivity index (χ1v) is 16.4. The van der Waals surface area contributed by atoms with Crippen LogP contribution in [-0.2, 0) is 11.3 Å². The molecule has 2 aromatic carbocycles. The number of amides is 3. The number of anilines is 1. The lowest BCUT2D eigenvalue weighted by Gasteiger charge is -2.32. The highest BCUT2D eigenvalue weighted by molar-refractivity contribution is 7.15. The summed E-state index contributed by atoms with van der Waals surface area (Å²) in [5.41, 5.74) is 3.81. The average Bonchev–Trinajstić information content (AvgIpc) is 3.59. The Morgan fingerprint density at radius 2 is 1.63 bits per heavy atom. The Labute approximate surface area is 273 Å². The molecule has 10 nitrogen and oxygen atoms in total. The molecule has 1 saturated heterocycles. The van der Waals surface area contributed by atoms with Crippen LogP contribution in [0.3, 0.4) is 0 Å². The van der Waals surface area contributed by atoms with Crippen molar-refractivity contribution in [1.82, 2.24) is 25.4 Å². The van der Waals surface area contributed by atoms with Crippen LogP contribution in [0.5, 0.6) is 0 Å². The maximum atomic E-state index is 13.0. The Morgan fingerprint density at radius 1 is 0.913 bits per heavy atom. The second-order valence-electron chi connectivity index (χ2n) is 11.2. The van der Waals surface area contributed by atoms with Gasteiger partial charge in [-0.3, -0.25) is 19.9 Å². The molecule has 0 unspecified atom stereocenters. The van der Waals surface area contributed by atoms with E-state index in [9.17, 15) is 14.4 Å². The van der Waals surface area contributed by atoms with Crippen LogP contribution in [0.15, 0.2) is 91.3 Å². The summed E-state index contributed by atoms with van der Waals surface area (Å²) in [6, 6.07) is 24.9. The van der Waals surface area contributed by atoms with E-state index in [1.54, 1.807) is 36.5 Å². The van der Waals surface area contributed by atoms with Crippen molar-refractivity contribution in [2.45, 2.75) is 25.5 Å². The van der Waals surface area contributed by atoms with E-state index in [-0.39, 0.29) is 17.9 Å². The van der Waals surface area contributed by atoms with E-state index in [1.165, 1.54) is 11.3 Å². The van der Waals surface area contributed by atoms with Gasteiger partial charge in [-0.2, -0.15) is 0 Å². The third-order valence-corrected chi connectivity index (χ3v) is 8.93. The summed E-state index contributed by atoms with van der Waals surface area (Å²) in [7, 11) is 1.78. The number of carbonyl (C=O) groups is 3. The summed E-state index contributed by atoms with van der Waals surface area (Å²) < 4.78 is 5.75. The van der Waals surface area contributed by atoms with E-state index in [0.717, 1.165) is 49.2 Å². The molecular formula is C35H40N6O4S. The van der Waals surface area contributed by atoms with Gasteiger partial charge in [0, 0.05) is 70.8 Å². The number of likely N-dealkylation sites (N-methyl/N-ethyl adjacent to an activating group) is 1. The number of para-hydroxylation sites is 1. The zero-order valence-electron chi connectivity index (χ0n) is 26.0. The van der Waals surface area contributed by atoms with Crippen LogP contribution in [0.25, 0.3) is 11.1 Å². The number of pyridine rings is 1. The van der Waals surface area contributed by atoms with Crippen molar-refractivity contribution in [1.29, 1.82) is 0 Å².